The number of hydrogen-bond donors (Lipinski definition) is 1. The number of aromatic nitrogens is 4. The van der Waals surface area contributed by atoms with Crippen LogP contribution in [0.15, 0.2) is 40.9 Å². The third-order valence-corrected chi connectivity index (χ3v) is 4.87. The van der Waals surface area contributed by atoms with Crippen LogP contribution in [0.25, 0.3) is 11.5 Å². The zero-order valence-electron chi connectivity index (χ0n) is 15.4. The number of nitrogens with two attached hydrogens (primary N) is 1. The van der Waals surface area contributed by atoms with Crippen molar-refractivity contribution in [2.45, 2.75) is 18.8 Å². The van der Waals surface area contributed by atoms with Crippen molar-refractivity contribution >= 4 is 11.7 Å². The Kier molecular flexibility index (Phi) is 4.88. The molecule has 144 valence electrons. The molecule has 1 aliphatic rings. The molecule has 0 aliphatic carbocycles. The lowest BCUT2D eigenvalue weighted by molar-refractivity contribution is 0.0994. The number of para-hydroxylation sites is 1. The number of hydrogen-bond acceptors (Lipinski definition) is 8. The van der Waals surface area contributed by atoms with E-state index >= 15 is 0 Å². The third kappa shape index (κ3) is 3.51. The van der Waals surface area contributed by atoms with E-state index in [1.54, 1.807) is 19.2 Å². The molecule has 0 saturated carbocycles. The van der Waals surface area contributed by atoms with Gasteiger partial charge in [-0.15, -0.1) is 10.2 Å². The summed E-state index contributed by atoms with van der Waals surface area (Å²) in [6, 6.07) is 10.9. The molecule has 4 rings (SSSR count). The summed E-state index contributed by atoms with van der Waals surface area (Å²) in [4.78, 5) is 17.8. The molecule has 1 fully saturated rings. The monoisotopic (exact) mass is 380 g/mol. The van der Waals surface area contributed by atoms with E-state index in [1.807, 2.05) is 24.3 Å². The summed E-state index contributed by atoms with van der Waals surface area (Å²) < 4.78 is 10.8. The van der Waals surface area contributed by atoms with E-state index in [4.69, 9.17) is 15.0 Å². The van der Waals surface area contributed by atoms with Crippen LogP contribution < -0.4 is 15.4 Å². The lowest BCUT2D eigenvalue weighted by Crippen LogP contribution is -2.34. The van der Waals surface area contributed by atoms with Crippen LogP contribution in [-0.2, 0) is 0 Å². The molecule has 2 N–H and O–H groups in total. The lowest BCUT2D eigenvalue weighted by atomic mass is 9.96. The van der Waals surface area contributed by atoms with E-state index in [0.717, 1.165) is 37.3 Å². The second-order valence-electron chi connectivity index (χ2n) is 6.56. The fourth-order valence-corrected chi connectivity index (χ4v) is 3.32. The predicted molar refractivity (Wildman–Crippen MR) is 101 cm³/mol. The molecule has 1 aromatic carbocycles. The molecule has 2 aromatic heterocycles. The Labute approximate surface area is 161 Å². The molecule has 0 radical (unpaired) electrons. The van der Waals surface area contributed by atoms with E-state index in [1.165, 1.54) is 0 Å². The van der Waals surface area contributed by atoms with Crippen LogP contribution in [-0.4, -0.2) is 46.4 Å². The maximum atomic E-state index is 11.1. The van der Waals surface area contributed by atoms with Crippen LogP contribution in [0.2, 0.25) is 0 Å². The maximum absolute atomic E-state index is 11.1. The number of carbonyl (C=O) groups excluding carboxylic acids is 1. The Morgan fingerprint density at radius 3 is 2.64 bits per heavy atom. The van der Waals surface area contributed by atoms with Gasteiger partial charge in [0, 0.05) is 19.0 Å². The summed E-state index contributed by atoms with van der Waals surface area (Å²) in [5.74, 6) is 2.22. The number of amides is 1. The van der Waals surface area contributed by atoms with Gasteiger partial charge in [0.2, 0.25) is 0 Å². The van der Waals surface area contributed by atoms with Crippen molar-refractivity contribution in [2.75, 3.05) is 25.1 Å². The first kappa shape index (κ1) is 17.9. The minimum atomic E-state index is -0.583. The van der Waals surface area contributed by atoms with Crippen molar-refractivity contribution in [2.24, 2.45) is 5.73 Å². The van der Waals surface area contributed by atoms with Gasteiger partial charge < -0.3 is 19.9 Å². The van der Waals surface area contributed by atoms with Crippen LogP contribution in [0.1, 0.15) is 35.1 Å². The molecule has 1 amide bonds. The van der Waals surface area contributed by atoms with Gasteiger partial charge in [0.1, 0.15) is 5.75 Å². The molecule has 9 heteroatoms. The first-order valence-corrected chi connectivity index (χ1v) is 9.01. The van der Waals surface area contributed by atoms with Gasteiger partial charge in [-0.3, -0.25) is 4.79 Å². The topological polar surface area (TPSA) is 120 Å². The number of nitrogens with zero attached hydrogens (tertiary/aromatic N) is 5. The third-order valence-electron chi connectivity index (χ3n) is 4.87. The largest absolute Gasteiger partial charge is 0.496 e. The van der Waals surface area contributed by atoms with Crippen LogP contribution in [0.3, 0.4) is 0 Å². The highest BCUT2D eigenvalue weighted by atomic mass is 16.5. The van der Waals surface area contributed by atoms with Crippen molar-refractivity contribution in [3.63, 3.8) is 0 Å². The number of primary amides is 1. The van der Waals surface area contributed by atoms with E-state index < -0.39 is 5.91 Å². The number of ether oxygens (including phenoxy) is 1. The van der Waals surface area contributed by atoms with E-state index in [2.05, 4.69) is 25.2 Å². The van der Waals surface area contributed by atoms with Gasteiger partial charge >= 0.3 is 0 Å². The highest BCUT2D eigenvalue weighted by molar-refractivity contribution is 5.90. The maximum Gasteiger partial charge on any atom is 0.269 e. The zero-order chi connectivity index (χ0) is 19.5. The van der Waals surface area contributed by atoms with Crippen molar-refractivity contribution < 1.29 is 14.1 Å². The molecule has 1 aliphatic heterocycles. The van der Waals surface area contributed by atoms with Crippen molar-refractivity contribution in [1.29, 1.82) is 0 Å². The van der Waals surface area contributed by atoms with Crippen LogP contribution >= 0.6 is 0 Å². The average Bonchev–Trinajstić information content (AvgIpc) is 3.24. The van der Waals surface area contributed by atoms with Gasteiger partial charge in [-0.05, 0) is 37.1 Å². The number of methoxy groups -OCH3 is 1. The molecule has 1 saturated heterocycles. The molecular weight excluding hydrogens is 360 g/mol. The summed E-state index contributed by atoms with van der Waals surface area (Å²) in [6.07, 6.45) is 1.73. The summed E-state index contributed by atoms with van der Waals surface area (Å²) in [5.41, 5.74) is 6.15. The predicted octanol–water partition coefficient (Wildman–Crippen LogP) is 2.02. The smallest absolute Gasteiger partial charge is 0.269 e. The summed E-state index contributed by atoms with van der Waals surface area (Å²) >= 11 is 0. The van der Waals surface area contributed by atoms with E-state index in [0.29, 0.717) is 17.5 Å². The lowest BCUT2D eigenvalue weighted by Gasteiger charge is -2.31. The normalized spacial score (nSPS) is 14.8. The fraction of sp³-hybridized carbons (Fsp3) is 0.316. The number of carbonyl (C=O) groups is 1. The molecule has 9 nitrogen and oxygen atoms in total. The van der Waals surface area contributed by atoms with Crippen LogP contribution in [0, 0.1) is 0 Å². The zero-order valence-corrected chi connectivity index (χ0v) is 15.4. The first-order valence-electron chi connectivity index (χ1n) is 9.01. The molecule has 0 spiro atoms. The van der Waals surface area contributed by atoms with Gasteiger partial charge in [-0.1, -0.05) is 17.3 Å². The first-order chi connectivity index (χ1) is 13.7. The molecular formula is C19H20N6O3. The van der Waals surface area contributed by atoms with Crippen LogP contribution in [0.4, 0.5) is 5.82 Å². The highest BCUT2D eigenvalue weighted by Crippen LogP contribution is 2.32. The minimum Gasteiger partial charge on any atom is -0.496 e. The minimum absolute atomic E-state index is 0.161. The van der Waals surface area contributed by atoms with Gasteiger partial charge in [0.05, 0.1) is 12.7 Å². The molecule has 0 unspecified atom stereocenters. The standard InChI is InChI=1S/C19H20N6O3/c1-27-15-5-3-2-4-13(15)19-21-18(24-28-19)12-8-10-25(11-9-12)16-7-6-14(17(20)26)22-23-16/h2-7,12H,8-11H2,1H3,(H2,20,26). The Morgan fingerprint density at radius 1 is 1.18 bits per heavy atom. The fourth-order valence-electron chi connectivity index (χ4n) is 3.32. The van der Waals surface area contributed by atoms with E-state index in [-0.39, 0.29) is 11.6 Å². The quantitative estimate of drug-likeness (QED) is 0.714. The summed E-state index contributed by atoms with van der Waals surface area (Å²) in [7, 11) is 1.62. The molecule has 0 atom stereocenters. The number of benzene rings is 1. The van der Waals surface area contributed by atoms with Crippen molar-refractivity contribution in [3.05, 3.63) is 47.9 Å². The number of piperidine rings is 1. The average molecular weight is 380 g/mol. The highest BCUT2D eigenvalue weighted by Gasteiger charge is 2.26. The Hall–Kier alpha value is -3.49. The molecule has 28 heavy (non-hydrogen) atoms. The van der Waals surface area contributed by atoms with Crippen LogP contribution in [0.5, 0.6) is 5.75 Å². The van der Waals surface area contributed by atoms with E-state index in [9.17, 15) is 4.79 Å². The SMILES string of the molecule is COc1ccccc1-c1nc(C2CCN(c3ccc(C(N)=O)nn3)CC2)no1. The van der Waals surface area contributed by atoms with Gasteiger partial charge in [0.25, 0.3) is 11.8 Å². The second kappa shape index (κ2) is 7.63. The van der Waals surface area contributed by atoms with Gasteiger partial charge in [-0.25, -0.2) is 0 Å². The van der Waals surface area contributed by atoms with Crippen molar-refractivity contribution in [1.82, 2.24) is 20.3 Å². The second-order valence-corrected chi connectivity index (χ2v) is 6.56. The molecule has 3 aromatic rings. The van der Waals surface area contributed by atoms with Gasteiger partial charge in [0.15, 0.2) is 17.3 Å². The summed E-state index contributed by atoms with van der Waals surface area (Å²) in [5, 5.41) is 12.1. The Balaban J connectivity index is 1.43. The number of rotatable bonds is 5. The molecule has 0 bridgehead atoms. The van der Waals surface area contributed by atoms with Crippen molar-refractivity contribution in [3.8, 4) is 17.2 Å². The number of anilines is 1. The Bertz CT molecular complexity index is 964. The molecule has 3 heterocycles. The van der Waals surface area contributed by atoms with Gasteiger partial charge in [-0.2, -0.15) is 4.98 Å². The Morgan fingerprint density at radius 2 is 1.96 bits per heavy atom. The summed E-state index contributed by atoms with van der Waals surface area (Å²) in [6.45, 7) is 1.57.